The third-order valence-corrected chi connectivity index (χ3v) is 3.20. The number of hydrogen-bond acceptors (Lipinski definition) is 3. The minimum Gasteiger partial charge on any atom is -0.378 e. The fraction of sp³-hybridized carbons (Fsp3) is 0.231. The van der Waals surface area contributed by atoms with E-state index in [4.69, 9.17) is 11.6 Å². The molecule has 0 saturated heterocycles. The minimum atomic E-state index is -0.460. The lowest BCUT2D eigenvalue weighted by Gasteiger charge is -2.10. The van der Waals surface area contributed by atoms with Gasteiger partial charge in [-0.15, -0.1) is 0 Å². The van der Waals surface area contributed by atoms with Crippen molar-refractivity contribution in [2.24, 2.45) is 0 Å². The Morgan fingerprint density at radius 2 is 2.21 bits per heavy atom. The molecule has 0 bridgehead atoms. The highest BCUT2D eigenvalue weighted by Crippen LogP contribution is 2.27. The second kappa shape index (κ2) is 5.75. The summed E-state index contributed by atoms with van der Waals surface area (Å²) in [5.74, 6) is 0. The Kier molecular flexibility index (Phi) is 4.06. The number of aryl methyl sites for hydroxylation is 1. The third kappa shape index (κ3) is 3.06. The van der Waals surface area contributed by atoms with Gasteiger partial charge in [0.05, 0.1) is 22.2 Å². The lowest BCUT2D eigenvalue weighted by atomic mass is 10.2. The zero-order chi connectivity index (χ0) is 13.8. The zero-order valence-corrected chi connectivity index (χ0v) is 11.2. The molecule has 5 nitrogen and oxygen atoms in total. The van der Waals surface area contributed by atoms with Crippen LogP contribution in [0.15, 0.2) is 36.5 Å². The predicted molar refractivity (Wildman–Crippen MR) is 75.5 cm³/mol. The minimum absolute atomic E-state index is 0.00696. The standard InChI is InChI=1S/C13H14ClN3O2/c1-2-16-7-3-4-11(16)9-15-13-6-5-10(17(18)19)8-12(13)14/h3-8,15H,2,9H2,1H3. The molecule has 2 aromatic rings. The molecule has 0 amide bonds. The highest BCUT2D eigenvalue weighted by Gasteiger charge is 2.09. The smallest absolute Gasteiger partial charge is 0.271 e. The number of nitrogens with zero attached hydrogens (tertiary/aromatic N) is 2. The Morgan fingerprint density at radius 1 is 1.42 bits per heavy atom. The van der Waals surface area contributed by atoms with Gasteiger partial charge < -0.3 is 9.88 Å². The molecule has 0 aliphatic rings. The predicted octanol–water partition coefficient (Wildman–Crippen LogP) is 3.68. The van der Waals surface area contributed by atoms with E-state index in [2.05, 4.69) is 16.8 Å². The van der Waals surface area contributed by atoms with Crippen LogP contribution in [-0.4, -0.2) is 9.49 Å². The number of non-ortho nitro benzene ring substituents is 1. The summed E-state index contributed by atoms with van der Waals surface area (Å²) >= 11 is 6.01. The molecule has 0 saturated carbocycles. The second-order valence-electron chi connectivity index (χ2n) is 4.06. The number of benzene rings is 1. The maximum Gasteiger partial charge on any atom is 0.271 e. The molecule has 6 heteroatoms. The maximum atomic E-state index is 10.6. The molecule has 1 aromatic carbocycles. The number of hydrogen-bond donors (Lipinski definition) is 1. The fourth-order valence-corrected chi connectivity index (χ4v) is 2.11. The molecule has 0 aliphatic carbocycles. The van der Waals surface area contributed by atoms with Gasteiger partial charge in [-0.1, -0.05) is 11.6 Å². The zero-order valence-electron chi connectivity index (χ0n) is 10.5. The van der Waals surface area contributed by atoms with Gasteiger partial charge in [0, 0.05) is 30.6 Å². The number of nitrogens with one attached hydrogen (secondary N) is 1. The molecule has 0 radical (unpaired) electrons. The van der Waals surface area contributed by atoms with Crippen LogP contribution >= 0.6 is 11.6 Å². The van der Waals surface area contributed by atoms with Crippen LogP contribution in [0.5, 0.6) is 0 Å². The van der Waals surface area contributed by atoms with Crippen molar-refractivity contribution < 1.29 is 4.92 Å². The van der Waals surface area contributed by atoms with Gasteiger partial charge in [0.2, 0.25) is 0 Å². The molecular weight excluding hydrogens is 266 g/mol. The first-order valence-corrected chi connectivity index (χ1v) is 6.31. The summed E-state index contributed by atoms with van der Waals surface area (Å²) in [5, 5.41) is 14.1. The molecular formula is C13H14ClN3O2. The van der Waals surface area contributed by atoms with E-state index in [9.17, 15) is 10.1 Å². The Labute approximate surface area is 116 Å². The van der Waals surface area contributed by atoms with Gasteiger partial charge in [0.15, 0.2) is 0 Å². The van der Waals surface area contributed by atoms with Crippen LogP contribution in [-0.2, 0) is 13.1 Å². The van der Waals surface area contributed by atoms with Crippen LogP contribution in [0.2, 0.25) is 5.02 Å². The van der Waals surface area contributed by atoms with Crippen LogP contribution in [0, 0.1) is 10.1 Å². The van der Waals surface area contributed by atoms with Crippen LogP contribution in [0.25, 0.3) is 0 Å². The van der Waals surface area contributed by atoms with Crippen molar-refractivity contribution in [2.45, 2.75) is 20.0 Å². The Hall–Kier alpha value is -2.01. The summed E-state index contributed by atoms with van der Waals surface area (Å²) < 4.78 is 2.12. The van der Waals surface area contributed by atoms with Crippen molar-refractivity contribution in [1.29, 1.82) is 0 Å². The molecule has 19 heavy (non-hydrogen) atoms. The van der Waals surface area contributed by atoms with Gasteiger partial charge in [-0.2, -0.15) is 0 Å². The molecule has 1 aromatic heterocycles. The number of nitro benzene ring substituents is 1. The van der Waals surface area contributed by atoms with Crippen molar-refractivity contribution >= 4 is 23.0 Å². The van der Waals surface area contributed by atoms with Crippen molar-refractivity contribution in [1.82, 2.24) is 4.57 Å². The average molecular weight is 280 g/mol. The van der Waals surface area contributed by atoms with E-state index in [1.165, 1.54) is 12.1 Å². The van der Waals surface area contributed by atoms with E-state index in [1.807, 2.05) is 18.3 Å². The van der Waals surface area contributed by atoms with Gasteiger partial charge in [-0.3, -0.25) is 10.1 Å². The normalized spacial score (nSPS) is 10.4. The fourth-order valence-electron chi connectivity index (χ4n) is 1.87. The topological polar surface area (TPSA) is 60.1 Å². The highest BCUT2D eigenvalue weighted by atomic mass is 35.5. The van der Waals surface area contributed by atoms with Crippen LogP contribution in [0.3, 0.4) is 0 Å². The molecule has 0 fully saturated rings. The largest absolute Gasteiger partial charge is 0.378 e. The summed E-state index contributed by atoms with van der Waals surface area (Å²) in [4.78, 5) is 10.2. The van der Waals surface area contributed by atoms with E-state index in [0.29, 0.717) is 17.3 Å². The summed E-state index contributed by atoms with van der Waals surface area (Å²) in [5.41, 5.74) is 1.82. The summed E-state index contributed by atoms with van der Waals surface area (Å²) in [6.45, 7) is 3.60. The highest BCUT2D eigenvalue weighted by molar-refractivity contribution is 6.33. The summed E-state index contributed by atoms with van der Waals surface area (Å²) in [6.07, 6.45) is 2.01. The summed E-state index contributed by atoms with van der Waals surface area (Å²) in [7, 11) is 0. The number of anilines is 1. The average Bonchev–Trinajstić information content (AvgIpc) is 2.84. The number of rotatable bonds is 5. The van der Waals surface area contributed by atoms with E-state index in [-0.39, 0.29) is 5.69 Å². The molecule has 1 N–H and O–H groups in total. The molecule has 0 unspecified atom stereocenters. The first kappa shape index (κ1) is 13.4. The van der Waals surface area contributed by atoms with E-state index < -0.39 is 4.92 Å². The van der Waals surface area contributed by atoms with Gasteiger partial charge in [-0.25, -0.2) is 0 Å². The SMILES string of the molecule is CCn1cccc1CNc1ccc([N+](=O)[O-])cc1Cl. The Balaban J connectivity index is 2.10. The molecule has 2 rings (SSSR count). The summed E-state index contributed by atoms with van der Waals surface area (Å²) in [6, 6.07) is 8.42. The van der Waals surface area contributed by atoms with E-state index in [0.717, 1.165) is 12.2 Å². The molecule has 0 atom stereocenters. The maximum absolute atomic E-state index is 10.6. The van der Waals surface area contributed by atoms with Crippen LogP contribution < -0.4 is 5.32 Å². The van der Waals surface area contributed by atoms with Crippen LogP contribution in [0.1, 0.15) is 12.6 Å². The van der Waals surface area contributed by atoms with Crippen molar-refractivity contribution in [3.63, 3.8) is 0 Å². The van der Waals surface area contributed by atoms with Gasteiger partial charge >= 0.3 is 0 Å². The second-order valence-corrected chi connectivity index (χ2v) is 4.47. The van der Waals surface area contributed by atoms with Crippen molar-refractivity contribution in [3.05, 3.63) is 57.4 Å². The van der Waals surface area contributed by atoms with E-state index >= 15 is 0 Å². The molecule has 0 aliphatic heterocycles. The number of nitro groups is 1. The van der Waals surface area contributed by atoms with Gasteiger partial charge in [-0.05, 0) is 25.1 Å². The monoisotopic (exact) mass is 279 g/mol. The Morgan fingerprint density at radius 3 is 2.84 bits per heavy atom. The number of halogens is 1. The van der Waals surface area contributed by atoms with Crippen LogP contribution in [0.4, 0.5) is 11.4 Å². The van der Waals surface area contributed by atoms with E-state index in [1.54, 1.807) is 6.07 Å². The van der Waals surface area contributed by atoms with Gasteiger partial charge in [0.1, 0.15) is 0 Å². The van der Waals surface area contributed by atoms with Gasteiger partial charge in [0.25, 0.3) is 5.69 Å². The quantitative estimate of drug-likeness (QED) is 0.671. The third-order valence-electron chi connectivity index (χ3n) is 2.89. The molecule has 100 valence electrons. The Bertz CT molecular complexity index is 595. The van der Waals surface area contributed by atoms with Crippen molar-refractivity contribution in [2.75, 3.05) is 5.32 Å². The first-order valence-electron chi connectivity index (χ1n) is 5.93. The first-order chi connectivity index (χ1) is 9.11. The lowest BCUT2D eigenvalue weighted by molar-refractivity contribution is -0.384. The number of aromatic nitrogens is 1. The molecule has 1 heterocycles. The van der Waals surface area contributed by atoms with Crippen molar-refractivity contribution in [3.8, 4) is 0 Å². The lowest BCUT2D eigenvalue weighted by Crippen LogP contribution is -2.06. The molecule has 0 spiro atoms.